The number of benzene rings is 1. The fraction of sp³-hybridized carbons (Fsp3) is 0.385. The standard InChI is InChI=1S/C13H14N2OS/c14-7-6-13(16)15-8-9-17-10-12(15)11-4-2-1-3-5-11/h1-5,12H,6,8-10H2/t12-/m1/s1. The minimum Gasteiger partial charge on any atom is -0.333 e. The number of nitrogens with zero attached hydrogens (tertiary/aromatic N) is 2. The van der Waals surface area contributed by atoms with Gasteiger partial charge in [0.05, 0.1) is 12.1 Å². The van der Waals surface area contributed by atoms with Gasteiger partial charge in [0.2, 0.25) is 5.91 Å². The van der Waals surface area contributed by atoms with Crippen molar-refractivity contribution in [3.8, 4) is 6.07 Å². The molecule has 1 heterocycles. The van der Waals surface area contributed by atoms with Crippen molar-refractivity contribution in [2.24, 2.45) is 0 Å². The van der Waals surface area contributed by atoms with Crippen LogP contribution in [0.3, 0.4) is 0 Å². The predicted octanol–water partition coefficient (Wildman–Crippen LogP) is 2.22. The third kappa shape index (κ3) is 2.80. The van der Waals surface area contributed by atoms with Gasteiger partial charge in [-0.3, -0.25) is 4.79 Å². The van der Waals surface area contributed by atoms with E-state index >= 15 is 0 Å². The van der Waals surface area contributed by atoms with Crippen LogP contribution in [0.4, 0.5) is 0 Å². The molecule has 0 spiro atoms. The lowest BCUT2D eigenvalue weighted by molar-refractivity contribution is -0.132. The summed E-state index contributed by atoms with van der Waals surface area (Å²) in [5.74, 6) is 1.82. The van der Waals surface area contributed by atoms with Gasteiger partial charge < -0.3 is 4.90 Å². The number of rotatable bonds is 2. The molecule has 0 bridgehead atoms. The smallest absolute Gasteiger partial charge is 0.237 e. The molecule has 2 rings (SSSR count). The molecule has 0 aromatic heterocycles. The summed E-state index contributed by atoms with van der Waals surface area (Å²) in [5.41, 5.74) is 1.16. The van der Waals surface area contributed by atoms with Crippen molar-refractivity contribution in [2.75, 3.05) is 18.1 Å². The van der Waals surface area contributed by atoms with Crippen LogP contribution in [0.15, 0.2) is 30.3 Å². The molecule has 0 aliphatic carbocycles. The highest BCUT2D eigenvalue weighted by Gasteiger charge is 2.27. The van der Waals surface area contributed by atoms with E-state index in [1.54, 1.807) is 0 Å². The number of hydrogen-bond acceptors (Lipinski definition) is 3. The molecule has 88 valence electrons. The topological polar surface area (TPSA) is 44.1 Å². The second-order valence-corrected chi connectivity index (χ2v) is 5.07. The largest absolute Gasteiger partial charge is 0.333 e. The van der Waals surface area contributed by atoms with Crippen LogP contribution < -0.4 is 0 Å². The Morgan fingerprint density at radius 3 is 2.94 bits per heavy atom. The molecule has 4 heteroatoms. The minimum absolute atomic E-state index is 0.0198. The van der Waals surface area contributed by atoms with E-state index in [-0.39, 0.29) is 18.4 Å². The average molecular weight is 246 g/mol. The van der Waals surface area contributed by atoms with Crippen LogP contribution in [-0.4, -0.2) is 28.9 Å². The number of thioether (sulfide) groups is 1. The minimum atomic E-state index is -0.0540. The fourth-order valence-corrected chi connectivity index (χ4v) is 3.11. The van der Waals surface area contributed by atoms with Crippen molar-refractivity contribution in [1.29, 1.82) is 5.26 Å². The zero-order valence-corrected chi connectivity index (χ0v) is 10.3. The van der Waals surface area contributed by atoms with Gasteiger partial charge in [0, 0.05) is 18.1 Å². The molecule has 0 N–H and O–H groups in total. The number of nitriles is 1. The predicted molar refractivity (Wildman–Crippen MR) is 68.5 cm³/mol. The number of hydrogen-bond donors (Lipinski definition) is 0. The summed E-state index contributed by atoms with van der Waals surface area (Å²) >= 11 is 1.86. The number of carbonyl (C=O) groups excluding carboxylic acids is 1. The van der Waals surface area contributed by atoms with Crippen LogP contribution in [0.2, 0.25) is 0 Å². The zero-order chi connectivity index (χ0) is 12.1. The monoisotopic (exact) mass is 246 g/mol. The molecule has 0 unspecified atom stereocenters. The second kappa shape index (κ2) is 5.74. The van der Waals surface area contributed by atoms with Crippen LogP contribution in [0.5, 0.6) is 0 Å². The maximum Gasteiger partial charge on any atom is 0.237 e. The molecular weight excluding hydrogens is 232 g/mol. The zero-order valence-electron chi connectivity index (χ0n) is 9.50. The summed E-state index contributed by atoms with van der Waals surface area (Å²) in [5, 5.41) is 8.62. The Morgan fingerprint density at radius 1 is 1.47 bits per heavy atom. The van der Waals surface area contributed by atoms with E-state index in [9.17, 15) is 4.79 Å². The van der Waals surface area contributed by atoms with Crippen LogP contribution in [0, 0.1) is 11.3 Å². The van der Waals surface area contributed by atoms with Crippen LogP contribution in [-0.2, 0) is 4.79 Å². The molecule has 0 radical (unpaired) electrons. The Hall–Kier alpha value is -1.47. The highest BCUT2D eigenvalue weighted by molar-refractivity contribution is 7.99. The van der Waals surface area contributed by atoms with Crippen LogP contribution in [0.1, 0.15) is 18.0 Å². The first kappa shape index (κ1) is 12.0. The van der Waals surface area contributed by atoms with Gasteiger partial charge in [-0.2, -0.15) is 17.0 Å². The molecule has 3 nitrogen and oxygen atoms in total. The Bertz CT molecular complexity index is 427. The first-order chi connectivity index (χ1) is 8.33. The third-order valence-corrected chi connectivity index (χ3v) is 3.89. The highest BCUT2D eigenvalue weighted by atomic mass is 32.2. The van der Waals surface area contributed by atoms with Gasteiger partial charge >= 0.3 is 0 Å². The first-order valence-corrected chi connectivity index (χ1v) is 6.77. The quantitative estimate of drug-likeness (QED) is 0.803. The van der Waals surface area contributed by atoms with Crippen molar-refractivity contribution in [3.05, 3.63) is 35.9 Å². The second-order valence-electron chi connectivity index (χ2n) is 3.92. The van der Waals surface area contributed by atoms with Crippen LogP contribution in [0.25, 0.3) is 0 Å². The van der Waals surface area contributed by atoms with E-state index in [1.807, 2.05) is 53.1 Å². The third-order valence-electron chi connectivity index (χ3n) is 2.86. The summed E-state index contributed by atoms with van der Waals surface area (Å²) in [6, 6.07) is 12.1. The van der Waals surface area contributed by atoms with E-state index in [0.29, 0.717) is 0 Å². The van der Waals surface area contributed by atoms with Crippen molar-refractivity contribution in [1.82, 2.24) is 4.90 Å². The van der Waals surface area contributed by atoms with Gasteiger partial charge in [0.1, 0.15) is 6.42 Å². The molecule has 1 aromatic carbocycles. The molecule has 0 saturated carbocycles. The normalized spacial score (nSPS) is 19.7. The van der Waals surface area contributed by atoms with Gasteiger partial charge in [-0.05, 0) is 5.56 Å². The lowest BCUT2D eigenvalue weighted by Gasteiger charge is -2.35. The molecule has 1 aromatic rings. The maximum absolute atomic E-state index is 11.9. The summed E-state index contributed by atoms with van der Waals surface area (Å²) in [4.78, 5) is 13.7. The lowest BCUT2D eigenvalue weighted by atomic mass is 10.1. The summed E-state index contributed by atoms with van der Waals surface area (Å²) < 4.78 is 0. The van der Waals surface area contributed by atoms with E-state index in [2.05, 4.69) is 0 Å². The van der Waals surface area contributed by atoms with Crippen molar-refractivity contribution in [2.45, 2.75) is 12.5 Å². The van der Waals surface area contributed by atoms with Gasteiger partial charge in [-0.15, -0.1) is 0 Å². The fourth-order valence-electron chi connectivity index (χ4n) is 2.02. The van der Waals surface area contributed by atoms with E-state index in [0.717, 1.165) is 23.6 Å². The first-order valence-electron chi connectivity index (χ1n) is 5.62. The lowest BCUT2D eigenvalue weighted by Crippen LogP contribution is -2.40. The number of amides is 1. The van der Waals surface area contributed by atoms with Crippen molar-refractivity contribution < 1.29 is 4.79 Å². The van der Waals surface area contributed by atoms with Gasteiger partial charge in [-0.25, -0.2) is 0 Å². The molecule has 1 atom stereocenters. The van der Waals surface area contributed by atoms with Gasteiger partial charge in [0.15, 0.2) is 0 Å². The molecule has 1 aliphatic heterocycles. The van der Waals surface area contributed by atoms with Crippen molar-refractivity contribution >= 4 is 17.7 Å². The van der Waals surface area contributed by atoms with E-state index in [4.69, 9.17) is 5.26 Å². The van der Waals surface area contributed by atoms with Gasteiger partial charge in [0.25, 0.3) is 0 Å². The summed E-state index contributed by atoms with van der Waals surface area (Å²) in [7, 11) is 0. The summed E-state index contributed by atoms with van der Waals surface area (Å²) in [6.45, 7) is 0.741. The molecule has 1 amide bonds. The summed E-state index contributed by atoms with van der Waals surface area (Å²) in [6.07, 6.45) is -0.0198. The van der Waals surface area contributed by atoms with E-state index < -0.39 is 0 Å². The molecule has 1 fully saturated rings. The average Bonchev–Trinajstić information content (AvgIpc) is 2.40. The van der Waals surface area contributed by atoms with Gasteiger partial charge in [-0.1, -0.05) is 30.3 Å². The molecule has 17 heavy (non-hydrogen) atoms. The Labute approximate surface area is 105 Å². The van der Waals surface area contributed by atoms with Crippen LogP contribution >= 0.6 is 11.8 Å². The Morgan fingerprint density at radius 2 is 2.24 bits per heavy atom. The molecular formula is C13H14N2OS. The highest BCUT2D eigenvalue weighted by Crippen LogP contribution is 2.29. The maximum atomic E-state index is 11.9. The Balaban J connectivity index is 2.18. The van der Waals surface area contributed by atoms with Crippen molar-refractivity contribution in [3.63, 3.8) is 0 Å². The SMILES string of the molecule is N#CCC(=O)N1CCSC[C@@H]1c1ccccc1. The van der Waals surface area contributed by atoms with E-state index in [1.165, 1.54) is 0 Å². The molecule has 1 aliphatic rings. The Kier molecular flexibility index (Phi) is 4.05. The number of carbonyl (C=O) groups is 1. The molecule has 1 saturated heterocycles.